The Bertz CT molecular complexity index is 116. The zero-order chi connectivity index (χ0) is 8.69. The van der Waals surface area contributed by atoms with E-state index in [9.17, 15) is 4.57 Å². The Morgan fingerprint density at radius 1 is 1.55 bits per heavy atom. The topological polar surface area (TPSA) is 46.5 Å². The van der Waals surface area contributed by atoms with Crippen LogP contribution in [-0.2, 0) is 9.09 Å². The van der Waals surface area contributed by atoms with Crippen molar-refractivity contribution in [3.8, 4) is 0 Å². The monoisotopic (exact) mass is 179 g/mol. The molecule has 0 saturated heterocycles. The number of rotatable bonds is 6. The van der Waals surface area contributed by atoms with Crippen LogP contribution in [0.15, 0.2) is 0 Å². The van der Waals surface area contributed by atoms with Gasteiger partial charge in [-0.3, -0.25) is 0 Å². The van der Waals surface area contributed by atoms with E-state index >= 15 is 0 Å². The van der Waals surface area contributed by atoms with Gasteiger partial charge < -0.3 is 0 Å². The zero-order valence-corrected chi connectivity index (χ0v) is 8.01. The first-order valence-corrected chi connectivity index (χ1v) is 5.16. The number of unbranched alkanes of at least 4 members (excludes halogenated alkanes) is 1. The maximum absolute atomic E-state index is 10.3. The lowest BCUT2D eigenvalue weighted by atomic mass is 10.1. The minimum absolute atomic E-state index is 0.0384. The Labute approximate surface area is 68.7 Å². The Morgan fingerprint density at radius 2 is 2.18 bits per heavy atom. The molecule has 0 fully saturated rings. The molecule has 0 aliphatic heterocycles. The van der Waals surface area contributed by atoms with E-state index in [1.54, 1.807) is 0 Å². The van der Waals surface area contributed by atoms with Crippen molar-refractivity contribution < 1.29 is 14.0 Å². The van der Waals surface area contributed by atoms with Gasteiger partial charge >= 0.3 is 8.25 Å². The fourth-order valence-electron chi connectivity index (χ4n) is 0.891. The highest BCUT2D eigenvalue weighted by molar-refractivity contribution is 7.32. The van der Waals surface area contributed by atoms with E-state index in [4.69, 9.17) is 9.42 Å². The second-order valence-electron chi connectivity index (χ2n) is 2.52. The summed E-state index contributed by atoms with van der Waals surface area (Å²) in [5.74, 6) is 0. The van der Waals surface area contributed by atoms with Gasteiger partial charge in [0.1, 0.15) is 6.10 Å². The van der Waals surface area contributed by atoms with Crippen molar-refractivity contribution in [1.29, 1.82) is 0 Å². The third kappa shape index (κ3) is 6.42. The SMILES string of the molecule is CCCCC(CC)O[P+](=O)O. The fraction of sp³-hybridized carbons (Fsp3) is 1.00. The van der Waals surface area contributed by atoms with Gasteiger partial charge in [-0.25, -0.2) is 0 Å². The largest absolute Gasteiger partial charge is 0.694 e. The van der Waals surface area contributed by atoms with Crippen molar-refractivity contribution in [2.75, 3.05) is 0 Å². The van der Waals surface area contributed by atoms with Gasteiger partial charge in [0.25, 0.3) is 0 Å². The average molecular weight is 179 g/mol. The molecule has 0 spiro atoms. The smallest absolute Gasteiger partial charge is 0.133 e. The molecule has 66 valence electrons. The molecule has 0 radical (unpaired) electrons. The van der Waals surface area contributed by atoms with Crippen LogP contribution < -0.4 is 0 Å². The van der Waals surface area contributed by atoms with Crippen LogP contribution in [0.1, 0.15) is 39.5 Å². The van der Waals surface area contributed by atoms with E-state index in [2.05, 4.69) is 6.92 Å². The predicted octanol–water partition coefficient (Wildman–Crippen LogP) is 2.62. The molecular formula is C7H16O3P+. The molecule has 0 aliphatic rings. The van der Waals surface area contributed by atoms with Gasteiger partial charge in [0.05, 0.1) is 0 Å². The number of hydrogen-bond acceptors (Lipinski definition) is 2. The summed E-state index contributed by atoms with van der Waals surface area (Å²) < 4.78 is 15.0. The molecule has 0 aliphatic carbocycles. The van der Waals surface area contributed by atoms with Crippen molar-refractivity contribution in [3.05, 3.63) is 0 Å². The van der Waals surface area contributed by atoms with Crippen LogP contribution >= 0.6 is 8.25 Å². The minimum Gasteiger partial charge on any atom is -0.133 e. The number of hydrogen-bond donors (Lipinski definition) is 1. The average Bonchev–Trinajstić information content (AvgIpc) is 1.97. The van der Waals surface area contributed by atoms with Gasteiger partial charge in [-0.2, -0.15) is 0 Å². The minimum atomic E-state index is -2.41. The normalized spacial score (nSPS) is 14.6. The Kier molecular flexibility index (Phi) is 6.73. The van der Waals surface area contributed by atoms with Gasteiger partial charge in [-0.1, -0.05) is 26.7 Å². The van der Waals surface area contributed by atoms with E-state index < -0.39 is 8.25 Å². The summed E-state index contributed by atoms with van der Waals surface area (Å²) >= 11 is 0. The molecule has 0 rings (SSSR count). The second kappa shape index (κ2) is 6.71. The van der Waals surface area contributed by atoms with Crippen molar-refractivity contribution in [3.63, 3.8) is 0 Å². The third-order valence-electron chi connectivity index (χ3n) is 1.57. The zero-order valence-electron chi connectivity index (χ0n) is 7.12. The summed E-state index contributed by atoms with van der Waals surface area (Å²) in [7, 11) is -2.41. The van der Waals surface area contributed by atoms with Crippen LogP contribution in [0.4, 0.5) is 0 Å². The molecule has 3 nitrogen and oxygen atoms in total. The van der Waals surface area contributed by atoms with E-state index in [1.807, 2.05) is 6.92 Å². The molecular weight excluding hydrogens is 163 g/mol. The summed E-state index contributed by atoms with van der Waals surface area (Å²) in [5.41, 5.74) is 0. The molecule has 2 unspecified atom stereocenters. The first-order valence-electron chi connectivity index (χ1n) is 4.03. The van der Waals surface area contributed by atoms with Crippen molar-refractivity contribution in [2.45, 2.75) is 45.6 Å². The van der Waals surface area contributed by atoms with Gasteiger partial charge in [0.15, 0.2) is 0 Å². The van der Waals surface area contributed by atoms with Gasteiger partial charge in [-0.05, 0) is 12.8 Å². The molecule has 0 aromatic heterocycles. The molecule has 0 aromatic carbocycles. The lowest BCUT2D eigenvalue weighted by Gasteiger charge is -2.04. The second-order valence-corrected chi connectivity index (χ2v) is 3.20. The summed E-state index contributed by atoms with van der Waals surface area (Å²) in [4.78, 5) is 8.44. The van der Waals surface area contributed by atoms with E-state index in [0.717, 1.165) is 25.7 Å². The quantitative estimate of drug-likeness (QED) is 0.637. The first-order chi connectivity index (χ1) is 5.20. The van der Waals surface area contributed by atoms with Crippen LogP contribution in [0, 0.1) is 0 Å². The van der Waals surface area contributed by atoms with Crippen LogP contribution in [0.25, 0.3) is 0 Å². The predicted molar refractivity (Wildman–Crippen MR) is 44.5 cm³/mol. The summed E-state index contributed by atoms with van der Waals surface area (Å²) in [5, 5.41) is 0. The Balaban J connectivity index is 3.49. The molecule has 0 aromatic rings. The van der Waals surface area contributed by atoms with Crippen LogP contribution in [0.2, 0.25) is 0 Å². The highest BCUT2D eigenvalue weighted by atomic mass is 31.1. The first kappa shape index (κ1) is 11.0. The molecule has 0 bridgehead atoms. The van der Waals surface area contributed by atoms with Gasteiger partial charge in [0, 0.05) is 4.57 Å². The molecule has 2 atom stereocenters. The van der Waals surface area contributed by atoms with Crippen LogP contribution in [-0.4, -0.2) is 11.0 Å². The Morgan fingerprint density at radius 3 is 2.55 bits per heavy atom. The lowest BCUT2D eigenvalue weighted by Crippen LogP contribution is -2.06. The molecule has 4 heteroatoms. The highest BCUT2D eigenvalue weighted by Gasteiger charge is 2.20. The third-order valence-corrected chi connectivity index (χ3v) is 2.05. The van der Waals surface area contributed by atoms with Crippen molar-refractivity contribution >= 4 is 8.25 Å². The summed E-state index contributed by atoms with van der Waals surface area (Å²) in [6.07, 6.45) is 3.81. The van der Waals surface area contributed by atoms with Crippen molar-refractivity contribution in [2.24, 2.45) is 0 Å². The fourth-order valence-corrected chi connectivity index (χ4v) is 1.40. The standard InChI is InChI=1S/C7H15O3P/c1-3-5-6-7(4-2)10-11(8)9/h7H,3-6H2,1-2H3/p+1. The van der Waals surface area contributed by atoms with Crippen LogP contribution in [0.5, 0.6) is 0 Å². The highest BCUT2D eigenvalue weighted by Crippen LogP contribution is 2.22. The van der Waals surface area contributed by atoms with E-state index in [-0.39, 0.29) is 6.10 Å². The molecule has 11 heavy (non-hydrogen) atoms. The van der Waals surface area contributed by atoms with Gasteiger partial charge in [0.2, 0.25) is 0 Å². The summed E-state index contributed by atoms with van der Waals surface area (Å²) in [6, 6.07) is 0. The molecule has 0 heterocycles. The Hall–Kier alpha value is 0.0200. The van der Waals surface area contributed by atoms with E-state index in [1.165, 1.54) is 0 Å². The lowest BCUT2D eigenvalue weighted by molar-refractivity contribution is 0.172. The maximum Gasteiger partial charge on any atom is 0.694 e. The summed E-state index contributed by atoms with van der Waals surface area (Å²) in [6.45, 7) is 4.05. The van der Waals surface area contributed by atoms with E-state index in [0.29, 0.717) is 0 Å². The van der Waals surface area contributed by atoms with Crippen molar-refractivity contribution in [1.82, 2.24) is 0 Å². The molecule has 1 N–H and O–H groups in total. The van der Waals surface area contributed by atoms with Gasteiger partial charge in [-0.15, -0.1) is 9.42 Å². The molecule has 0 saturated carbocycles. The molecule has 0 amide bonds. The maximum atomic E-state index is 10.3. The van der Waals surface area contributed by atoms with Crippen LogP contribution in [0.3, 0.4) is 0 Å².